The zero-order chi connectivity index (χ0) is 17.0. The van der Waals surface area contributed by atoms with E-state index in [0.717, 1.165) is 22.4 Å². The summed E-state index contributed by atoms with van der Waals surface area (Å²) < 4.78 is 4.90. The molecule has 5 heteroatoms. The number of pyridine rings is 1. The molecule has 0 radical (unpaired) electrons. The number of rotatable bonds is 4. The van der Waals surface area contributed by atoms with Crippen LogP contribution in [0.5, 0.6) is 0 Å². The van der Waals surface area contributed by atoms with Crippen molar-refractivity contribution in [3.8, 4) is 0 Å². The molecule has 0 bridgehead atoms. The predicted octanol–water partition coefficient (Wildman–Crippen LogP) is 3.44. The van der Waals surface area contributed by atoms with E-state index in [9.17, 15) is 9.59 Å². The van der Waals surface area contributed by atoms with Crippen LogP contribution < -0.4 is 5.32 Å². The number of carbonyl (C=O) groups is 2. The number of aromatic nitrogens is 1. The van der Waals surface area contributed by atoms with Crippen LogP contribution in [0.15, 0.2) is 30.3 Å². The molecule has 2 aromatic rings. The van der Waals surface area contributed by atoms with Crippen molar-refractivity contribution in [2.45, 2.75) is 27.7 Å². The summed E-state index contributed by atoms with van der Waals surface area (Å²) in [6.07, 6.45) is 0. The molecule has 1 aromatic heterocycles. The van der Waals surface area contributed by atoms with E-state index in [0.29, 0.717) is 0 Å². The highest BCUT2D eigenvalue weighted by Gasteiger charge is 2.15. The molecule has 0 unspecified atom stereocenters. The van der Waals surface area contributed by atoms with E-state index in [1.54, 1.807) is 19.1 Å². The van der Waals surface area contributed by atoms with Gasteiger partial charge in [0.2, 0.25) is 0 Å². The van der Waals surface area contributed by atoms with Gasteiger partial charge in [-0.2, -0.15) is 0 Å². The SMILES string of the molecule is CCOC(=O)c1cccc(C(=O)Nc2c(C)cc(C)cc2C)n1. The minimum atomic E-state index is -0.537. The van der Waals surface area contributed by atoms with Crippen LogP contribution in [0.25, 0.3) is 0 Å². The van der Waals surface area contributed by atoms with E-state index >= 15 is 0 Å². The highest BCUT2D eigenvalue weighted by molar-refractivity contribution is 6.04. The summed E-state index contributed by atoms with van der Waals surface area (Å²) >= 11 is 0. The van der Waals surface area contributed by atoms with Gasteiger partial charge >= 0.3 is 5.97 Å². The first kappa shape index (κ1) is 16.7. The molecule has 1 N–H and O–H groups in total. The number of hydrogen-bond acceptors (Lipinski definition) is 4. The molecule has 1 heterocycles. The number of aryl methyl sites for hydroxylation is 3. The number of carbonyl (C=O) groups excluding carboxylic acids is 2. The first-order valence-electron chi connectivity index (χ1n) is 7.45. The summed E-state index contributed by atoms with van der Waals surface area (Å²) in [5.74, 6) is -0.893. The van der Waals surface area contributed by atoms with Gasteiger partial charge < -0.3 is 10.1 Å². The fourth-order valence-electron chi connectivity index (χ4n) is 2.43. The fraction of sp³-hybridized carbons (Fsp3) is 0.278. The molecule has 0 saturated carbocycles. The van der Waals surface area contributed by atoms with Crippen molar-refractivity contribution in [3.63, 3.8) is 0 Å². The summed E-state index contributed by atoms with van der Waals surface area (Å²) in [5, 5.41) is 2.87. The molecule has 2 rings (SSSR count). The average molecular weight is 312 g/mol. The standard InChI is InChI=1S/C18H20N2O3/c1-5-23-18(22)15-8-6-7-14(19-15)17(21)20-16-12(3)9-11(2)10-13(16)4/h6-10H,5H2,1-4H3,(H,20,21). The van der Waals surface area contributed by atoms with Crippen molar-refractivity contribution in [1.29, 1.82) is 0 Å². The van der Waals surface area contributed by atoms with Crippen LogP contribution in [-0.4, -0.2) is 23.5 Å². The summed E-state index contributed by atoms with van der Waals surface area (Å²) in [7, 11) is 0. The molecule has 0 aliphatic heterocycles. The zero-order valence-electron chi connectivity index (χ0n) is 13.8. The predicted molar refractivity (Wildman–Crippen MR) is 88.8 cm³/mol. The first-order valence-corrected chi connectivity index (χ1v) is 7.45. The summed E-state index contributed by atoms with van der Waals surface area (Å²) in [5.41, 5.74) is 4.17. The maximum absolute atomic E-state index is 12.4. The van der Waals surface area contributed by atoms with Crippen LogP contribution in [0.3, 0.4) is 0 Å². The summed E-state index contributed by atoms with van der Waals surface area (Å²) in [6, 6.07) is 8.72. The Morgan fingerprint density at radius 2 is 1.70 bits per heavy atom. The highest BCUT2D eigenvalue weighted by atomic mass is 16.5. The lowest BCUT2D eigenvalue weighted by Gasteiger charge is -2.12. The highest BCUT2D eigenvalue weighted by Crippen LogP contribution is 2.22. The van der Waals surface area contributed by atoms with Gasteiger partial charge in [0.05, 0.1) is 6.61 Å². The van der Waals surface area contributed by atoms with Crippen molar-refractivity contribution < 1.29 is 14.3 Å². The smallest absolute Gasteiger partial charge is 0.356 e. The molecular weight excluding hydrogens is 292 g/mol. The van der Waals surface area contributed by atoms with Gasteiger partial charge in [0.15, 0.2) is 0 Å². The van der Waals surface area contributed by atoms with Crippen LogP contribution in [0.2, 0.25) is 0 Å². The van der Waals surface area contributed by atoms with E-state index in [2.05, 4.69) is 10.3 Å². The molecule has 120 valence electrons. The lowest BCUT2D eigenvalue weighted by atomic mass is 10.0. The Hall–Kier alpha value is -2.69. The van der Waals surface area contributed by atoms with Crippen molar-refractivity contribution in [1.82, 2.24) is 4.98 Å². The van der Waals surface area contributed by atoms with E-state index in [4.69, 9.17) is 4.74 Å². The van der Waals surface area contributed by atoms with Crippen molar-refractivity contribution in [2.75, 3.05) is 11.9 Å². The molecule has 0 fully saturated rings. The fourth-order valence-corrected chi connectivity index (χ4v) is 2.43. The Kier molecular flexibility index (Phi) is 5.11. The maximum atomic E-state index is 12.4. The van der Waals surface area contributed by atoms with Gasteiger partial charge in [0.1, 0.15) is 11.4 Å². The second-order valence-electron chi connectivity index (χ2n) is 5.36. The van der Waals surface area contributed by atoms with Gasteiger partial charge in [-0.1, -0.05) is 23.8 Å². The number of ether oxygens (including phenoxy) is 1. The van der Waals surface area contributed by atoms with Crippen LogP contribution in [0, 0.1) is 20.8 Å². The number of amides is 1. The van der Waals surface area contributed by atoms with Crippen LogP contribution in [0.1, 0.15) is 44.6 Å². The lowest BCUT2D eigenvalue weighted by molar-refractivity contribution is 0.0519. The number of nitrogens with one attached hydrogen (secondary N) is 1. The molecule has 5 nitrogen and oxygen atoms in total. The first-order chi connectivity index (χ1) is 10.9. The molecule has 0 atom stereocenters. The molecule has 0 spiro atoms. The molecule has 0 saturated heterocycles. The Balaban J connectivity index is 2.25. The van der Waals surface area contributed by atoms with E-state index in [1.807, 2.05) is 32.9 Å². The molecule has 1 amide bonds. The minimum Gasteiger partial charge on any atom is -0.461 e. The van der Waals surface area contributed by atoms with Crippen molar-refractivity contribution in [3.05, 3.63) is 58.4 Å². The Morgan fingerprint density at radius 3 is 2.30 bits per heavy atom. The van der Waals surface area contributed by atoms with Gasteiger partial charge in [0, 0.05) is 5.69 Å². The van der Waals surface area contributed by atoms with Crippen LogP contribution in [-0.2, 0) is 4.74 Å². The molecule has 0 aliphatic carbocycles. The third-order valence-corrected chi connectivity index (χ3v) is 3.38. The van der Waals surface area contributed by atoms with Gasteiger partial charge in [-0.15, -0.1) is 0 Å². The third kappa shape index (κ3) is 3.94. The molecule has 0 aliphatic rings. The number of benzene rings is 1. The van der Waals surface area contributed by atoms with E-state index in [-0.39, 0.29) is 23.9 Å². The molecular formula is C18H20N2O3. The third-order valence-electron chi connectivity index (χ3n) is 3.38. The lowest BCUT2D eigenvalue weighted by Crippen LogP contribution is -2.17. The molecule has 1 aromatic carbocycles. The van der Waals surface area contributed by atoms with Crippen molar-refractivity contribution >= 4 is 17.6 Å². The number of esters is 1. The Labute approximate surface area is 135 Å². The second-order valence-corrected chi connectivity index (χ2v) is 5.36. The van der Waals surface area contributed by atoms with E-state index < -0.39 is 5.97 Å². The van der Waals surface area contributed by atoms with Gasteiger partial charge in [-0.05, 0) is 51.0 Å². The second kappa shape index (κ2) is 7.05. The quantitative estimate of drug-likeness (QED) is 0.878. The van der Waals surface area contributed by atoms with Gasteiger partial charge in [0.25, 0.3) is 5.91 Å². The summed E-state index contributed by atoms with van der Waals surface area (Å²) in [6.45, 7) is 7.88. The van der Waals surface area contributed by atoms with Gasteiger partial charge in [-0.3, -0.25) is 4.79 Å². The number of hydrogen-bond donors (Lipinski definition) is 1. The van der Waals surface area contributed by atoms with E-state index in [1.165, 1.54) is 6.07 Å². The zero-order valence-corrected chi connectivity index (χ0v) is 13.8. The van der Waals surface area contributed by atoms with Crippen LogP contribution >= 0.6 is 0 Å². The monoisotopic (exact) mass is 312 g/mol. The normalized spacial score (nSPS) is 10.3. The number of anilines is 1. The van der Waals surface area contributed by atoms with Crippen LogP contribution in [0.4, 0.5) is 5.69 Å². The molecule has 23 heavy (non-hydrogen) atoms. The largest absolute Gasteiger partial charge is 0.461 e. The Morgan fingerprint density at radius 1 is 1.09 bits per heavy atom. The topological polar surface area (TPSA) is 68.3 Å². The Bertz CT molecular complexity index is 731. The summed E-state index contributed by atoms with van der Waals surface area (Å²) in [4.78, 5) is 28.2. The van der Waals surface area contributed by atoms with Crippen molar-refractivity contribution in [2.24, 2.45) is 0 Å². The average Bonchev–Trinajstić information content (AvgIpc) is 2.51. The minimum absolute atomic E-state index is 0.122. The number of nitrogens with zero attached hydrogens (tertiary/aromatic N) is 1. The maximum Gasteiger partial charge on any atom is 0.356 e. The van der Waals surface area contributed by atoms with Gasteiger partial charge in [-0.25, -0.2) is 9.78 Å².